The van der Waals surface area contributed by atoms with Crippen molar-refractivity contribution in [3.05, 3.63) is 59.3 Å². The van der Waals surface area contributed by atoms with Crippen molar-refractivity contribution in [2.75, 3.05) is 0 Å². The van der Waals surface area contributed by atoms with Crippen LogP contribution in [0.3, 0.4) is 0 Å². The molecule has 0 atom stereocenters. The van der Waals surface area contributed by atoms with Crippen molar-refractivity contribution in [2.45, 2.75) is 32.6 Å². The molecule has 1 N–H and O–H groups in total. The Morgan fingerprint density at radius 2 is 2.11 bits per heavy atom. The van der Waals surface area contributed by atoms with Gasteiger partial charge in [-0.15, -0.1) is 0 Å². The standard InChI is InChI=1S/C16H19NO/c1-12(2)13-7-6-8-14(11-13)16(18)17-15-9-4-3-5-10-15/h4,6-12H,3,5H2,1-2H3,(H,17,18). The molecule has 94 valence electrons. The quantitative estimate of drug-likeness (QED) is 0.857. The van der Waals surface area contributed by atoms with E-state index < -0.39 is 0 Å². The number of carbonyl (C=O) groups is 1. The fraction of sp³-hybridized carbons (Fsp3) is 0.312. The van der Waals surface area contributed by atoms with Crippen molar-refractivity contribution in [3.63, 3.8) is 0 Å². The summed E-state index contributed by atoms with van der Waals surface area (Å²) in [5.41, 5.74) is 2.82. The van der Waals surface area contributed by atoms with E-state index in [0.29, 0.717) is 5.92 Å². The van der Waals surface area contributed by atoms with Crippen molar-refractivity contribution in [3.8, 4) is 0 Å². The summed E-state index contributed by atoms with van der Waals surface area (Å²) in [6, 6.07) is 7.82. The highest BCUT2D eigenvalue weighted by molar-refractivity contribution is 5.95. The van der Waals surface area contributed by atoms with Crippen molar-refractivity contribution >= 4 is 5.91 Å². The molecule has 0 bridgehead atoms. The summed E-state index contributed by atoms with van der Waals surface area (Å²) < 4.78 is 0. The number of nitrogens with one attached hydrogen (secondary N) is 1. The minimum absolute atomic E-state index is 0.0321. The van der Waals surface area contributed by atoms with E-state index in [9.17, 15) is 4.79 Å². The molecule has 18 heavy (non-hydrogen) atoms. The van der Waals surface area contributed by atoms with Gasteiger partial charge in [0.25, 0.3) is 5.91 Å². The van der Waals surface area contributed by atoms with Crippen LogP contribution in [0.2, 0.25) is 0 Å². The number of carbonyl (C=O) groups excluding carboxylic acids is 1. The zero-order chi connectivity index (χ0) is 13.0. The Bertz CT molecular complexity index is 498. The molecule has 0 heterocycles. The van der Waals surface area contributed by atoms with Crippen LogP contribution in [0.5, 0.6) is 0 Å². The highest BCUT2D eigenvalue weighted by Crippen LogP contribution is 2.16. The second-order valence-corrected chi connectivity index (χ2v) is 4.87. The summed E-state index contributed by atoms with van der Waals surface area (Å²) in [6.45, 7) is 4.26. The highest BCUT2D eigenvalue weighted by Gasteiger charge is 2.09. The SMILES string of the molecule is CC(C)c1cccc(C(=O)NC2=CCCC=C2)c1. The van der Waals surface area contributed by atoms with E-state index in [4.69, 9.17) is 0 Å². The van der Waals surface area contributed by atoms with Crippen LogP contribution in [0.25, 0.3) is 0 Å². The number of allylic oxidation sites excluding steroid dienone is 3. The molecule has 0 radical (unpaired) electrons. The predicted molar refractivity (Wildman–Crippen MR) is 74.5 cm³/mol. The van der Waals surface area contributed by atoms with Crippen LogP contribution in [0, 0.1) is 0 Å². The predicted octanol–water partition coefficient (Wildman–Crippen LogP) is 3.77. The monoisotopic (exact) mass is 241 g/mol. The number of hydrogen-bond acceptors (Lipinski definition) is 1. The lowest BCUT2D eigenvalue weighted by Crippen LogP contribution is -2.22. The van der Waals surface area contributed by atoms with E-state index in [1.807, 2.05) is 24.3 Å². The molecule has 1 amide bonds. The molecular weight excluding hydrogens is 222 g/mol. The molecule has 1 aromatic rings. The fourth-order valence-electron chi connectivity index (χ4n) is 1.95. The average Bonchev–Trinajstić information content (AvgIpc) is 2.40. The first kappa shape index (κ1) is 12.6. The molecule has 1 aromatic carbocycles. The summed E-state index contributed by atoms with van der Waals surface area (Å²) in [6.07, 6.45) is 8.17. The Morgan fingerprint density at radius 1 is 1.28 bits per heavy atom. The molecule has 1 aliphatic rings. The Labute approximate surface area is 108 Å². The summed E-state index contributed by atoms with van der Waals surface area (Å²) in [4.78, 5) is 12.1. The van der Waals surface area contributed by atoms with E-state index in [1.165, 1.54) is 5.56 Å². The maximum absolute atomic E-state index is 12.1. The van der Waals surface area contributed by atoms with Crippen molar-refractivity contribution < 1.29 is 4.79 Å². The lowest BCUT2D eigenvalue weighted by molar-refractivity contribution is 0.0967. The van der Waals surface area contributed by atoms with Crippen LogP contribution in [0.15, 0.2) is 48.2 Å². The van der Waals surface area contributed by atoms with Gasteiger partial charge in [0.2, 0.25) is 0 Å². The first-order valence-corrected chi connectivity index (χ1v) is 6.45. The third kappa shape index (κ3) is 3.10. The third-order valence-corrected chi connectivity index (χ3v) is 3.07. The maximum Gasteiger partial charge on any atom is 0.255 e. The van der Waals surface area contributed by atoms with Crippen molar-refractivity contribution in [1.29, 1.82) is 0 Å². The topological polar surface area (TPSA) is 29.1 Å². The van der Waals surface area contributed by atoms with Gasteiger partial charge < -0.3 is 5.32 Å². The molecule has 2 nitrogen and oxygen atoms in total. The number of benzene rings is 1. The van der Waals surface area contributed by atoms with Gasteiger partial charge in [-0.1, -0.05) is 38.1 Å². The summed E-state index contributed by atoms with van der Waals surface area (Å²) >= 11 is 0. The van der Waals surface area contributed by atoms with Crippen LogP contribution in [-0.2, 0) is 0 Å². The smallest absolute Gasteiger partial charge is 0.255 e. The molecule has 1 aliphatic carbocycles. The molecule has 0 spiro atoms. The summed E-state index contributed by atoms with van der Waals surface area (Å²) in [7, 11) is 0. The molecule has 2 heteroatoms. The Morgan fingerprint density at radius 3 is 2.78 bits per heavy atom. The van der Waals surface area contributed by atoms with Crippen LogP contribution >= 0.6 is 0 Å². The van der Waals surface area contributed by atoms with Gasteiger partial charge in [-0.05, 0) is 42.5 Å². The van der Waals surface area contributed by atoms with Gasteiger partial charge in [-0.3, -0.25) is 4.79 Å². The fourth-order valence-corrected chi connectivity index (χ4v) is 1.95. The van der Waals surface area contributed by atoms with Crippen LogP contribution in [0.1, 0.15) is 48.5 Å². The molecular formula is C16H19NO. The van der Waals surface area contributed by atoms with Gasteiger partial charge in [0.15, 0.2) is 0 Å². The first-order valence-electron chi connectivity index (χ1n) is 6.45. The summed E-state index contributed by atoms with van der Waals surface area (Å²) in [5, 5.41) is 2.94. The first-order chi connectivity index (χ1) is 8.66. The van der Waals surface area contributed by atoms with E-state index >= 15 is 0 Å². The summed E-state index contributed by atoms with van der Waals surface area (Å²) in [5.74, 6) is 0.404. The number of rotatable bonds is 3. The highest BCUT2D eigenvalue weighted by atomic mass is 16.1. The van der Waals surface area contributed by atoms with Gasteiger partial charge in [-0.2, -0.15) is 0 Å². The van der Waals surface area contributed by atoms with Gasteiger partial charge in [0.05, 0.1) is 0 Å². The number of amides is 1. The normalized spacial score (nSPS) is 14.5. The average molecular weight is 241 g/mol. The van der Waals surface area contributed by atoms with Crippen molar-refractivity contribution in [2.24, 2.45) is 0 Å². The third-order valence-electron chi connectivity index (χ3n) is 3.07. The molecule has 0 unspecified atom stereocenters. The second-order valence-electron chi connectivity index (χ2n) is 4.87. The zero-order valence-electron chi connectivity index (χ0n) is 10.9. The maximum atomic E-state index is 12.1. The van der Waals surface area contributed by atoms with E-state index in [0.717, 1.165) is 24.1 Å². The minimum Gasteiger partial charge on any atom is -0.322 e. The van der Waals surface area contributed by atoms with Crippen LogP contribution in [0.4, 0.5) is 0 Å². The van der Waals surface area contributed by atoms with Gasteiger partial charge >= 0.3 is 0 Å². The minimum atomic E-state index is -0.0321. The van der Waals surface area contributed by atoms with E-state index in [1.54, 1.807) is 0 Å². The Hall–Kier alpha value is -1.83. The molecule has 2 rings (SSSR count). The van der Waals surface area contributed by atoms with E-state index in [-0.39, 0.29) is 5.91 Å². The van der Waals surface area contributed by atoms with Gasteiger partial charge in [0.1, 0.15) is 0 Å². The molecule has 0 fully saturated rings. The van der Waals surface area contributed by atoms with E-state index in [2.05, 4.69) is 37.4 Å². The van der Waals surface area contributed by atoms with Crippen LogP contribution in [-0.4, -0.2) is 5.91 Å². The van der Waals surface area contributed by atoms with Crippen molar-refractivity contribution in [1.82, 2.24) is 5.32 Å². The lowest BCUT2D eigenvalue weighted by atomic mass is 10.0. The Kier molecular flexibility index (Phi) is 3.98. The molecule has 0 saturated heterocycles. The van der Waals surface area contributed by atoms with Gasteiger partial charge in [0, 0.05) is 11.3 Å². The number of hydrogen-bond donors (Lipinski definition) is 1. The largest absolute Gasteiger partial charge is 0.322 e. The zero-order valence-corrected chi connectivity index (χ0v) is 10.9. The van der Waals surface area contributed by atoms with Crippen LogP contribution < -0.4 is 5.32 Å². The lowest BCUT2D eigenvalue weighted by Gasteiger charge is -2.11. The molecule has 0 aliphatic heterocycles. The Balaban J connectivity index is 2.11. The van der Waals surface area contributed by atoms with Gasteiger partial charge in [-0.25, -0.2) is 0 Å². The molecule has 0 saturated carbocycles. The molecule has 0 aromatic heterocycles. The second kappa shape index (κ2) is 5.67.